The average molecular weight is 310 g/mol. The lowest BCUT2D eigenvalue weighted by atomic mass is 10.1. The SMILES string of the molecule is Cn1c(=O)c(C(=S)Nc2ccccc2)c(O)c2ccccc21. The van der Waals surface area contributed by atoms with Crippen LogP contribution in [-0.4, -0.2) is 14.7 Å². The van der Waals surface area contributed by atoms with Crippen LogP contribution < -0.4 is 10.9 Å². The highest BCUT2D eigenvalue weighted by Gasteiger charge is 2.18. The van der Waals surface area contributed by atoms with Crippen molar-refractivity contribution in [2.75, 3.05) is 5.32 Å². The minimum absolute atomic E-state index is 0.0906. The van der Waals surface area contributed by atoms with Gasteiger partial charge in [-0.05, 0) is 24.3 Å². The second-order valence-electron chi connectivity index (χ2n) is 4.93. The Kier molecular flexibility index (Phi) is 3.65. The number of aryl methyl sites for hydroxylation is 1. The Morgan fingerprint density at radius 1 is 1.09 bits per heavy atom. The van der Waals surface area contributed by atoms with Crippen LogP contribution in [0.2, 0.25) is 0 Å². The van der Waals surface area contributed by atoms with Crippen LogP contribution in [0.5, 0.6) is 5.75 Å². The average Bonchev–Trinajstić information content (AvgIpc) is 2.54. The highest BCUT2D eigenvalue weighted by Crippen LogP contribution is 2.26. The summed E-state index contributed by atoms with van der Waals surface area (Å²) in [5.41, 5.74) is 1.21. The van der Waals surface area contributed by atoms with Gasteiger partial charge in [0.25, 0.3) is 5.56 Å². The molecule has 3 aromatic rings. The number of rotatable bonds is 2. The number of hydrogen-bond donors (Lipinski definition) is 2. The molecule has 0 bridgehead atoms. The van der Waals surface area contributed by atoms with Gasteiger partial charge in [0, 0.05) is 18.1 Å². The molecule has 3 rings (SSSR count). The van der Waals surface area contributed by atoms with Gasteiger partial charge in [0.05, 0.1) is 5.52 Å². The molecule has 2 aromatic carbocycles. The number of nitrogens with zero attached hydrogens (tertiary/aromatic N) is 1. The summed E-state index contributed by atoms with van der Waals surface area (Å²) in [7, 11) is 1.67. The first-order chi connectivity index (χ1) is 10.6. The van der Waals surface area contributed by atoms with E-state index >= 15 is 0 Å². The molecule has 110 valence electrons. The third-order valence-electron chi connectivity index (χ3n) is 3.53. The van der Waals surface area contributed by atoms with Gasteiger partial charge in [-0.3, -0.25) is 4.79 Å². The Bertz CT molecular complexity index is 917. The number of nitrogens with one attached hydrogen (secondary N) is 1. The van der Waals surface area contributed by atoms with Gasteiger partial charge in [-0.25, -0.2) is 0 Å². The monoisotopic (exact) mass is 310 g/mol. The molecular weight excluding hydrogens is 296 g/mol. The number of pyridine rings is 1. The fraction of sp³-hybridized carbons (Fsp3) is 0.0588. The smallest absolute Gasteiger partial charge is 0.264 e. The number of aromatic hydroxyl groups is 1. The fourth-order valence-electron chi connectivity index (χ4n) is 2.40. The minimum atomic E-state index is -0.329. The molecule has 22 heavy (non-hydrogen) atoms. The van der Waals surface area contributed by atoms with E-state index in [2.05, 4.69) is 5.32 Å². The van der Waals surface area contributed by atoms with E-state index < -0.39 is 0 Å². The molecule has 2 N–H and O–H groups in total. The lowest BCUT2D eigenvalue weighted by molar-refractivity contribution is 0.478. The summed E-state index contributed by atoms with van der Waals surface area (Å²) in [6.45, 7) is 0. The van der Waals surface area contributed by atoms with Crippen molar-refractivity contribution >= 4 is 33.8 Å². The zero-order valence-corrected chi connectivity index (χ0v) is 12.7. The van der Waals surface area contributed by atoms with Crippen molar-refractivity contribution in [2.45, 2.75) is 0 Å². The number of aromatic nitrogens is 1. The van der Waals surface area contributed by atoms with Gasteiger partial charge in [-0.1, -0.05) is 42.5 Å². The van der Waals surface area contributed by atoms with Crippen molar-refractivity contribution < 1.29 is 5.11 Å². The predicted octanol–water partition coefficient (Wildman–Crippen LogP) is 3.03. The summed E-state index contributed by atoms with van der Waals surface area (Å²) in [6.07, 6.45) is 0. The van der Waals surface area contributed by atoms with Crippen LogP contribution in [0.15, 0.2) is 59.4 Å². The Morgan fingerprint density at radius 2 is 1.73 bits per heavy atom. The number of fused-ring (bicyclic) bond motifs is 1. The maximum atomic E-state index is 12.5. The third-order valence-corrected chi connectivity index (χ3v) is 3.84. The normalized spacial score (nSPS) is 10.6. The lowest BCUT2D eigenvalue weighted by Crippen LogP contribution is -2.27. The first-order valence-electron chi connectivity index (χ1n) is 6.76. The molecule has 0 aliphatic carbocycles. The molecule has 5 heteroatoms. The summed E-state index contributed by atoms with van der Waals surface area (Å²) < 4.78 is 1.49. The van der Waals surface area contributed by atoms with E-state index in [4.69, 9.17) is 12.2 Å². The molecule has 0 unspecified atom stereocenters. The van der Waals surface area contributed by atoms with Gasteiger partial charge in [0.1, 0.15) is 16.3 Å². The Balaban J connectivity index is 2.15. The molecule has 0 saturated carbocycles. The second-order valence-corrected chi connectivity index (χ2v) is 5.33. The van der Waals surface area contributed by atoms with Crippen LogP contribution in [0.1, 0.15) is 5.56 Å². The molecule has 0 spiro atoms. The summed E-state index contributed by atoms with van der Waals surface area (Å²) in [4.78, 5) is 12.7. The molecule has 4 nitrogen and oxygen atoms in total. The van der Waals surface area contributed by atoms with E-state index in [-0.39, 0.29) is 21.9 Å². The van der Waals surface area contributed by atoms with Crippen LogP contribution >= 0.6 is 12.2 Å². The minimum Gasteiger partial charge on any atom is -0.506 e. The van der Waals surface area contributed by atoms with Crippen LogP contribution in [0, 0.1) is 0 Å². The highest BCUT2D eigenvalue weighted by atomic mass is 32.1. The topological polar surface area (TPSA) is 54.3 Å². The van der Waals surface area contributed by atoms with E-state index in [1.165, 1.54) is 4.57 Å². The molecular formula is C17H14N2O2S. The largest absolute Gasteiger partial charge is 0.506 e. The summed E-state index contributed by atoms with van der Waals surface area (Å²) in [6, 6.07) is 16.5. The van der Waals surface area contributed by atoms with Crippen LogP contribution in [0.25, 0.3) is 10.9 Å². The van der Waals surface area contributed by atoms with Gasteiger partial charge in [0.2, 0.25) is 0 Å². The van der Waals surface area contributed by atoms with Gasteiger partial charge < -0.3 is 15.0 Å². The van der Waals surface area contributed by atoms with Crippen molar-refractivity contribution in [1.82, 2.24) is 4.57 Å². The molecule has 1 aromatic heterocycles. The van der Waals surface area contributed by atoms with E-state index in [1.54, 1.807) is 19.2 Å². The van der Waals surface area contributed by atoms with Crippen molar-refractivity contribution in [3.8, 4) is 5.75 Å². The van der Waals surface area contributed by atoms with Gasteiger partial charge in [-0.2, -0.15) is 0 Å². The van der Waals surface area contributed by atoms with Gasteiger partial charge in [-0.15, -0.1) is 0 Å². The first-order valence-corrected chi connectivity index (χ1v) is 7.17. The van der Waals surface area contributed by atoms with Crippen LogP contribution in [0.3, 0.4) is 0 Å². The molecule has 0 saturated heterocycles. The van der Waals surface area contributed by atoms with E-state index in [1.807, 2.05) is 42.5 Å². The number of hydrogen-bond acceptors (Lipinski definition) is 3. The summed E-state index contributed by atoms with van der Waals surface area (Å²) in [5, 5.41) is 14.0. The molecule has 0 aliphatic rings. The maximum Gasteiger partial charge on any atom is 0.264 e. The zero-order valence-electron chi connectivity index (χ0n) is 11.9. The third kappa shape index (κ3) is 2.35. The van der Waals surface area contributed by atoms with E-state index in [9.17, 15) is 9.90 Å². The standard InChI is InChI=1S/C17H14N2O2S/c1-19-13-10-6-5-9-12(13)15(20)14(17(19)21)16(22)18-11-7-3-2-4-8-11/h2-10,20H,1H3,(H,18,22). The molecule has 0 aliphatic heterocycles. The number of benzene rings is 2. The number of para-hydroxylation sites is 2. The van der Waals surface area contributed by atoms with Crippen LogP contribution in [-0.2, 0) is 7.05 Å². The van der Waals surface area contributed by atoms with E-state index in [0.29, 0.717) is 10.9 Å². The number of anilines is 1. The predicted molar refractivity (Wildman–Crippen MR) is 92.6 cm³/mol. The van der Waals surface area contributed by atoms with E-state index in [0.717, 1.165) is 5.69 Å². The van der Waals surface area contributed by atoms with Crippen molar-refractivity contribution in [3.63, 3.8) is 0 Å². The number of thiocarbonyl (C=S) groups is 1. The summed E-state index contributed by atoms with van der Waals surface area (Å²) >= 11 is 5.32. The van der Waals surface area contributed by atoms with Crippen LogP contribution in [0.4, 0.5) is 5.69 Å². The molecule has 0 radical (unpaired) electrons. The Morgan fingerprint density at radius 3 is 2.45 bits per heavy atom. The molecule has 1 heterocycles. The lowest BCUT2D eigenvalue weighted by Gasteiger charge is -2.13. The first kappa shape index (κ1) is 14.3. The summed E-state index contributed by atoms with van der Waals surface area (Å²) in [5.74, 6) is -0.0906. The molecule has 0 atom stereocenters. The zero-order chi connectivity index (χ0) is 15.7. The molecule has 0 fully saturated rings. The second kappa shape index (κ2) is 5.61. The van der Waals surface area contributed by atoms with Crippen molar-refractivity contribution in [2.24, 2.45) is 7.05 Å². The Hall–Kier alpha value is -2.66. The molecule has 0 amide bonds. The maximum absolute atomic E-state index is 12.5. The quantitative estimate of drug-likeness (QED) is 0.714. The van der Waals surface area contributed by atoms with Gasteiger partial charge in [0.15, 0.2) is 0 Å². The van der Waals surface area contributed by atoms with Crippen molar-refractivity contribution in [3.05, 3.63) is 70.5 Å². The Labute approximate surface area is 132 Å². The fourth-order valence-corrected chi connectivity index (χ4v) is 2.70. The van der Waals surface area contributed by atoms with Crippen molar-refractivity contribution in [1.29, 1.82) is 0 Å². The van der Waals surface area contributed by atoms with Gasteiger partial charge >= 0.3 is 0 Å². The highest BCUT2D eigenvalue weighted by molar-refractivity contribution is 7.81.